The largest absolute Gasteiger partial charge is 0.376 e. The average molecular weight is 359 g/mol. The van der Waals surface area contributed by atoms with Gasteiger partial charge in [-0.3, -0.25) is 0 Å². The molecule has 0 amide bonds. The molecule has 1 heterocycles. The lowest BCUT2D eigenvalue weighted by Crippen LogP contribution is -2.37. The van der Waals surface area contributed by atoms with Crippen LogP contribution in [0.4, 0.5) is 0 Å². The summed E-state index contributed by atoms with van der Waals surface area (Å²) >= 11 is 0. The van der Waals surface area contributed by atoms with Crippen molar-refractivity contribution in [2.24, 2.45) is 11.8 Å². The second-order valence-corrected chi connectivity index (χ2v) is 8.41. The molecule has 3 rings (SSSR count). The molecule has 2 atom stereocenters. The minimum absolute atomic E-state index is 0.344. The maximum absolute atomic E-state index is 6.15. The van der Waals surface area contributed by atoms with Crippen LogP contribution in [0.5, 0.6) is 0 Å². The van der Waals surface area contributed by atoms with Crippen LogP contribution in [0.1, 0.15) is 76.3 Å². The van der Waals surface area contributed by atoms with Crippen LogP contribution in [0.3, 0.4) is 0 Å². The SMILES string of the molecule is CCCc1ccc(CCC2CCC(C3CCC(OCC)CO3)CC2)cc1. The fourth-order valence-electron chi connectivity index (χ4n) is 4.87. The van der Waals surface area contributed by atoms with Crippen molar-refractivity contribution in [2.45, 2.75) is 90.3 Å². The normalized spacial score (nSPS) is 29.6. The van der Waals surface area contributed by atoms with E-state index in [-0.39, 0.29) is 0 Å². The number of hydrogen-bond acceptors (Lipinski definition) is 2. The predicted octanol–water partition coefficient (Wildman–Crippen LogP) is 5.96. The summed E-state index contributed by atoms with van der Waals surface area (Å²) in [6.07, 6.45) is 13.8. The number of ether oxygens (including phenoxy) is 2. The van der Waals surface area contributed by atoms with Gasteiger partial charge in [0.15, 0.2) is 0 Å². The molecule has 1 aromatic rings. The maximum atomic E-state index is 6.15. The molecule has 26 heavy (non-hydrogen) atoms. The Morgan fingerprint density at radius 3 is 2.15 bits per heavy atom. The summed E-state index contributed by atoms with van der Waals surface area (Å²) in [7, 11) is 0. The molecule has 1 saturated carbocycles. The van der Waals surface area contributed by atoms with Gasteiger partial charge in [0.05, 0.1) is 18.8 Å². The number of hydrogen-bond donors (Lipinski definition) is 0. The lowest BCUT2D eigenvalue weighted by molar-refractivity contribution is -0.106. The summed E-state index contributed by atoms with van der Waals surface area (Å²) in [5, 5.41) is 0. The lowest BCUT2D eigenvalue weighted by atomic mass is 9.76. The predicted molar refractivity (Wildman–Crippen MR) is 109 cm³/mol. The van der Waals surface area contributed by atoms with Crippen molar-refractivity contribution >= 4 is 0 Å². The molecule has 0 spiro atoms. The number of benzene rings is 1. The van der Waals surface area contributed by atoms with Crippen molar-refractivity contribution in [3.8, 4) is 0 Å². The van der Waals surface area contributed by atoms with Gasteiger partial charge in [0, 0.05) is 6.61 Å². The Hall–Kier alpha value is -0.860. The molecule has 1 aliphatic heterocycles. The van der Waals surface area contributed by atoms with Crippen LogP contribution in [-0.4, -0.2) is 25.4 Å². The second-order valence-electron chi connectivity index (χ2n) is 8.41. The molecule has 2 nitrogen and oxygen atoms in total. The zero-order chi connectivity index (χ0) is 18.2. The molecule has 2 fully saturated rings. The minimum atomic E-state index is 0.344. The Morgan fingerprint density at radius 1 is 0.885 bits per heavy atom. The van der Waals surface area contributed by atoms with Crippen LogP contribution in [-0.2, 0) is 22.3 Å². The molecule has 1 aliphatic carbocycles. The van der Waals surface area contributed by atoms with E-state index in [4.69, 9.17) is 9.47 Å². The van der Waals surface area contributed by atoms with Crippen molar-refractivity contribution in [3.63, 3.8) is 0 Å². The molecular weight excluding hydrogens is 320 g/mol. The van der Waals surface area contributed by atoms with Gasteiger partial charge in [-0.2, -0.15) is 0 Å². The minimum Gasteiger partial charge on any atom is -0.376 e. The summed E-state index contributed by atoms with van der Waals surface area (Å²) in [5.74, 6) is 1.71. The molecule has 2 unspecified atom stereocenters. The molecular formula is C24H38O2. The third-order valence-corrected chi connectivity index (χ3v) is 6.49. The highest BCUT2D eigenvalue weighted by atomic mass is 16.5. The standard InChI is InChI=1S/C24H38O2/c1-3-5-19-6-8-20(9-7-19)10-11-21-12-14-22(15-13-21)24-17-16-23(18-26-24)25-4-2/h6-9,21-24H,3-5,10-18H2,1-2H3. The summed E-state index contributed by atoms with van der Waals surface area (Å²) in [4.78, 5) is 0. The zero-order valence-corrected chi connectivity index (χ0v) is 16.9. The molecule has 146 valence electrons. The van der Waals surface area contributed by atoms with Crippen LogP contribution in [0.15, 0.2) is 24.3 Å². The third-order valence-electron chi connectivity index (χ3n) is 6.49. The first-order chi connectivity index (χ1) is 12.8. The lowest BCUT2D eigenvalue weighted by Gasteiger charge is -2.37. The van der Waals surface area contributed by atoms with Gasteiger partial charge >= 0.3 is 0 Å². The molecule has 0 N–H and O–H groups in total. The molecule has 0 aromatic heterocycles. The maximum Gasteiger partial charge on any atom is 0.0809 e. The topological polar surface area (TPSA) is 18.5 Å². The summed E-state index contributed by atoms with van der Waals surface area (Å²) < 4.78 is 11.9. The van der Waals surface area contributed by atoms with Crippen LogP contribution in [0.25, 0.3) is 0 Å². The van der Waals surface area contributed by atoms with Crippen molar-refractivity contribution in [1.29, 1.82) is 0 Å². The Bertz CT molecular complexity index is 493. The summed E-state index contributed by atoms with van der Waals surface area (Å²) in [6, 6.07) is 9.35. The third kappa shape index (κ3) is 5.82. The van der Waals surface area contributed by atoms with Gasteiger partial charge in [0.25, 0.3) is 0 Å². The molecule has 2 heteroatoms. The van der Waals surface area contributed by atoms with Gasteiger partial charge in [-0.1, -0.05) is 50.5 Å². The van der Waals surface area contributed by atoms with Crippen molar-refractivity contribution in [2.75, 3.05) is 13.2 Å². The number of rotatable bonds is 8. The average Bonchev–Trinajstić information content (AvgIpc) is 2.69. The number of aryl methyl sites for hydroxylation is 2. The first kappa shape index (κ1) is 19.9. The second kappa shape index (κ2) is 10.5. The quantitative estimate of drug-likeness (QED) is 0.570. The van der Waals surface area contributed by atoms with E-state index in [1.165, 1.54) is 75.3 Å². The Kier molecular flexibility index (Phi) is 8.01. The highest BCUT2D eigenvalue weighted by molar-refractivity contribution is 5.22. The van der Waals surface area contributed by atoms with Crippen LogP contribution < -0.4 is 0 Å². The Morgan fingerprint density at radius 2 is 1.58 bits per heavy atom. The van der Waals surface area contributed by atoms with E-state index in [1.54, 1.807) is 0 Å². The van der Waals surface area contributed by atoms with E-state index in [0.717, 1.165) is 25.0 Å². The highest BCUT2D eigenvalue weighted by Gasteiger charge is 2.31. The van der Waals surface area contributed by atoms with Crippen LogP contribution in [0, 0.1) is 11.8 Å². The van der Waals surface area contributed by atoms with Gasteiger partial charge in [-0.25, -0.2) is 0 Å². The molecule has 2 aliphatic rings. The molecule has 0 radical (unpaired) electrons. The van der Waals surface area contributed by atoms with Gasteiger partial charge in [0.1, 0.15) is 0 Å². The van der Waals surface area contributed by atoms with E-state index >= 15 is 0 Å². The van der Waals surface area contributed by atoms with E-state index < -0.39 is 0 Å². The monoisotopic (exact) mass is 358 g/mol. The smallest absolute Gasteiger partial charge is 0.0809 e. The van der Waals surface area contributed by atoms with E-state index in [1.807, 2.05) is 0 Å². The van der Waals surface area contributed by atoms with Crippen LogP contribution >= 0.6 is 0 Å². The summed E-state index contributed by atoms with van der Waals surface area (Å²) in [6.45, 7) is 5.95. The van der Waals surface area contributed by atoms with Crippen molar-refractivity contribution < 1.29 is 9.47 Å². The zero-order valence-electron chi connectivity index (χ0n) is 16.9. The first-order valence-electron chi connectivity index (χ1n) is 11.1. The molecule has 0 bridgehead atoms. The van der Waals surface area contributed by atoms with Gasteiger partial charge in [0.2, 0.25) is 0 Å². The molecule has 1 saturated heterocycles. The summed E-state index contributed by atoms with van der Waals surface area (Å²) in [5.41, 5.74) is 3.00. The Balaban J connectivity index is 1.35. The fourth-order valence-corrected chi connectivity index (χ4v) is 4.87. The van der Waals surface area contributed by atoms with E-state index in [2.05, 4.69) is 38.1 Å². The van der Waals surface area contributed by atoms with Gasteiger partial charge in [-0.15, -0.1) is 0 Å². The molecule has 1 aromatic carbocycles. The highest BCUT2D eigenvalue weighted by Crippen LogP contribution is 2.37. The first-order valence-corrected chi connectivity index (χ1v) is 11.1. The van der Waals surface area contributed by atoms with Crippen molar-refractivity contribution in [3.05, 3.63) is 35.4 Å². The fraction of sp³-hybridized carbons (Fsp3) is 0.750. The van der Waals surface area contributed by atoms with Crippen LogP contribution in [0.2, 0.25) is 0 Å². The van der Waals surface area contributed by atoms with Gasteiger partial charge in [-0.05, 0) is 74.8 Å². The van der Waals surface area contributed by atoms with Gasteiger partial charge < -0.3 is 9.47 Å². The van der Waals surface area contributed by atoms with E-state index in [0.29, 0.717) is 12.2 Å². The van der Waals surface area contributed by atoms with Crippen molar-refractivity contribution in [1.82, 2.24) is 0 Å². The Labute approximate surface area is 160 Å². The van der Waals surface area contributed by atoms with E-state index in [9.17, 15) is 0 Å².